The molecule has 0 saturated heterocycles. The maximum Gasteiger partial charge on any atom is 0.295 e. The van der Waals surface area contributed by atoms with Crippen molar-refractivity contribution in [2.45, 2.75) is 13.1 Å². The highest BCUT2D eigenvalue weighted by Crippen LogP contribution is 2.33. The molecule has 1 aliphatic heterocycles. The summed E-state index contributed by atoms with van der Waals surface area (Å²) in [6.45, 7) is 1.28. The first kappa shape index (κ1) is 19.5. The molecule has 5 rings (SSSR count). The fourth-order valence-electron chi connectivity index (χ4n) is 3.95. The number of H-pyrrole nitrogens is 1. The largest absolute Gasteiger partial charge is 0.494 e. The first-order valence-electron chi connectivity index (χ1n) is 9.71. The molecule has 1 amide bonds. The lowest BCUT2D eigenvalue weighted by atomic mass is 10.1. The van der Waals surface area contributed by atoms with Gasteiger partial charge in [-0.2, -0.15) is 0 Å². The average Bonchev–Trinajstić information content (AvgIpc) is 3.44. The number of hydrogen-bond acceptors (Lipinski definition) is 5. The molecule has 3 aromatic heterocycles. The van der Waals surface area contributed by atoms with Crippen molar-refractivity contribution in [2.24, 2.45) is 0 Å². The number of carbonyl (C=O) groups is 2. The van der Waals surface area contributed by atoms with Gasteiger partial charge in [0, 0.05) is 19.3 Å². The average molecular weight is 480 g/mol. The van der Waals surface area contributed by atoms with Gasteiger partial charge in [-0.15, -0.1) is 0 Å². The van der Waals surface area contributed by atoms with Gasteiger partial charge in [0.2, 0.25) is 0 Å². The van der Waals surface area contributed by atoms with Crippen molar-refractivity contribution >= 4 is 38.5 Å². The number of ether oxygens (including phenoxy) is 1. The predicted molar refractivity (Wildman–Crippen MR) is 118 cm³/mol. The highest BCUT2D eigenvalue weighted by molar-refractivity contribution is 9.10. The van der Waals surface area contributed by atoms with Crippen LogP contribution in [-0.2, 0) is 17.9 Å². The fraction of sp³-hybridized carbons (Fsp3) is 0.182. The molecule has 0 atom stereocenters. The minimum atomic E-state index is -0.592. The van der Waals surface area contributed by atoms with Gasteiger partial charge in [-0.05, 0) is 21.5 Å². The van der Waals surface area contributed by atoms with E-state index in [9.17, 15) is 9.59 Å². The molecule has 0 unspecified atom stereocenters. The molecular formula is C22H18BrN5O3. The van der Waals surface area contributed by atoms with Crippen LogP contribution in [0.1, 0.15) is 16.2 Å². The van der Waals surface area contributed by atoms with Crippen LogP contribution in [0, 0.1) is 0 Å². The van der Waals surface area contributed by atoms with Gasteiger partial charge in [0.25, 0.3) is 11.7 Å². The molecule has 9 heteroatoms. The molecule has 0 bridgehead atoms. The SMILES string of the molecule is COc1cnc(Br)c2[nH]cc(C(=O)C(=O)N3CCn4c(-c5ccccc5)cnc4C3)c12. The number of Topliss-reactive ketones (excluding diaryl/α,β-unsaturated/α-hetero) is 1. The van der Waals surface area contributed by atoms with Gasteiger partial charge in [-0.1, -0.05) is 30.3 Å². The zero-order valence-electron chi connectivity index (χ0n) is 16.6. The number of halogens is 1. The lowest BCUT2D eigenvalue weighted by molar-refractivity contribution is -0.127. The number of benzene rings is 1. The van der Waals surface area contributed by atoms with E-state index in [4.69, 9.17) is 4.74 Å². The Kier molecular flexibility index (Phi) is 4.82. The molecule has 0 aliphatic carbocycles. The molecule has 4 aromatic rings. The van der Waals surface area contributed by atoms with E-state index < -0.39 is 11.7 Å². The van der Waals surface area contributed by atoms with Crippen molar-refractivity contribution in [1.82, 2.24) is 24.4 Å². The van der Waals surface area contributed by atoms with Crippen LogP contribution in [0.25, 0.3) is 22.2 Å². The highest BCUT2D eigenvalue weighted by atomic mass is 79.9. The summed E-state index contributed by atoms with van der Waals surface area (Å²) in [5.41, 5.74) is 2.95. The Hall–Kier alpha value is -3.46. The zero-order valence-corrected chi connectivity index (χ0v) is 18.2. The summed E-state index contributed by atoms with van der Waals surface area (Å²) in [4.78, 5) is 39.4. The van der Waals surface area contributed by atoms with Crippen molar-refractivity contribution in [3.05, 3.63) is 64.9 Å². The van der Waals surface area contributed by atoms with Crippen molar-refractivity contribution < 1.29 is 14.3 Å². The van der Waals surface area contributed by atoms with E-state index in [1.54, 1.807) is 4.90 Å². The van der Waals surface area contributed by atoms with Crippen molar-refractivity contribution in [3.8, 4) is 17.0 Å². The second kappa shape index (κ2) is 7.66. The first-order chi connectivity index (χ1) is 15.1. The summed E-state index contributed by atoms with van der Waals surface area (Å²) < 4.78 is 8.00. The van der Waals surface area contributed by atoms with Crippen LogP contribution in [0.15, 0.2) is 53.5 Å². The van der Waals surface area contributed by atoms with Crippen LogP contribution in [0.2, 0.25) is 0 Å². The minimum Gasteiger partial charge on any atom is -0.494 e. The summed E-state index contributed by atoms with van der Waals surface area (Å²) in [5, 5.41) is 0.535. The third-order valence-corrected chi connectivity index (χ3v) is 6.11. The number of carbonyl (C=O) groups excluding carboxylic acids is 2. The van der Waals surface area contributed by atoms with E-state index >= 15 is 0 Å². The first-order valence-corrected chi connectivity index (χ1v) is 10.5. The van der Waals surface area contributed by atoms with Gasteiger partial charge < -0.3 is 19.2 Å². The summed E-state index contributed by atoms with van der Waals surface area (Å²) in [7, 11) is 1.50. The smallest absolute Gasteiger partial charge is 0.295 e. The van der Waals surface area contributed by atoms with Crippen LogP contribution in [0.3, 0.4) is 0 Å². The van der Waals surface area contributed by atoms with Crippen molar-refractivity contribution in [1.29, 1.82) is 0 Å². The van der Waals surface area contributed by atoms with Crippen LogP contribution in [0.5, 0.6) is 5.75 Å². The number of hydrogen-bond donors (Lipinski definition) is 1. The topological polar surface area (TPSA) is 93.1 Å². The Morgan fingerprint density at radius 1 is 1.13 bits per heavy atom. The van der Waals surface area contributed by atoms with E-state index in [2.05, 4.69) is 35.4 Å². The second-order valence-corrected chi connectivity index (χ2v) is 7.95. The number of rotatable bonds is 4. The molecule has 1 aromatic carbocycles. The van der Waals surface area contributed by atoms with Crippen LogP contribution >= 0.6 is 15.9 Å². The maximum absolute atomic E-state index is 13.1. The Balaban J connectivity index is 1.43. The molecule has 8 nitrogen and oxygen atoms in total. The Morgan fingerprint density at radius 3 is 2.71 bits per heavy atom. The van der Waals surface area contributed by atoms with Gasteiger partial charge in [0.15, 0.2) is 0 Å². The maximum atomic E-state index is 13.1. The number of amides is 1. The third-order valence-electron chi connectivity index (χ3n) is 5.51. The van der Waals surface area contributed by atoms with Gasteiger partial charge in [0.1, 0.15) is 16.2 Å². The summed E-state index contributed by atoms with van der Waals surface area (Å²) in [5.74, 6) is 0.0318. The van der Waals surface area contributed by atoms with E-state index in [0.717, 1.165) is 17.1 Å². The van der Waals surface area contributed by atoms with Crippen LogP contribution in [0.4, 0.5) is 0 Å². The molecule has 31 heavy (non-hydrogen) atoms. The van der Waals surface area contributed by atoms with Crippen molar-refractivity contribution in [3.63, 3.8) is 0 Å². The molecule has 1 aliphatic rings. The number of ketones is 1. The number of fused-ring (bicyclic) bond motifs is 2. The summed E-state index contributed by atoms with van der Waals surface area (Å²) >= 11 is 3.36. The number of nitrogens with one attached hydrogen (secondary N) is 1. The molecule has 0 saturated carbocycles. The second-order valence-electron chi connectivity index (χ2n) is 7.20. The van der Waals surface area contributed by atoms with Gasteiger partial charge in [0.05, 0.1) is 48.2 Å². The van der Waals surface area contributed by atoms with Crippen LogP contribution in [-0.4, -0.2) is 49.8 Å². The normalized spacial score (nSPS) is 13.3. The van der Waals surface area contributed by atoms with Gasteiger partial charge in [-0.3, -0.25) is 9.59 Å². The molecule has 0 radical (unpaired) electrons. The Bertz CT molecular complexity index is 1310. The van der Waals surface area contributed by atoms with E-state index in [1.165, 1.54) is 19.5 Å². The lowest BCUT2D eigenvalue weighted by Crippen LogP contribution is -2.42. The lowest BCUT2D eigenvalue weighted by Gasteiger charge is -2.28. The number of methoxy groups -OCH3 is 1. The molecule has 4 heterocycles. The van der Waals surface area contributed by atoms with E-state index in [1.807, 2.05) is 36.5 Å². The van der Waals surface area contributed by atoms with Crippen LogP contribution < -0.4 is 4.74 Å². The van der Waals surface area contributed by atoms with E-state index in [0.29, 0.717) is 34.3 Å². The van der Waals surface area contributed by atoms with Crippen molar-refractivity contribution in [2.75, 3.05) is 13.7 Å². The number of nitrogens with zero attached hydrogens (tertiary/aromatic N) is 4. The Labute approximate surface area is 186 Å². The van der Waals surface area contributed by atoms with Gasteiger partial charge in [-0.25, -0.2) is 9.97 Å². The zero-order chi connectivity index (χ0) is 21.5. The Morgan fingerprint density at radius 2 is 1.94 bits per heavy atom. The predicted octanol–water partition coefficient (Wildman–Crippen LogP) is 3.42. The molecule has 156 valence electrons. The molecule has 0 fully saturated rings. The number of imidazole rings is 1. The summed E-state index contributed by atoms with van der Waals surface area (Å²) in [6, 6.07) is 9.99. The number of aromatic amines is 1. The molecule has 1 N–H and O–H groups in total. The number of pyridine rings is 1. The highest BCUT2D eigenvalue weighted by Gasteiger charge is 2.31. The quantitative estimate of drug-likeness (QED) is 0.275. The van der Waals surface area contributed by atoms with Gasteiger partial charge >= 0.3 is 0 Å². The monoisotopic (exact) mass is 479 g/mol. The minimum absolute atomic E-state index is 0.263. The molecule has 0 spiro atoms. The number of aromatic nitrogens is 4. The van der Waals surface area contributed by atoms with E-state index in [-0.39, 0.29) is 12.1 Å². The molecular weight excluding hydrogens is 462 g/mol. The third kappa shape index (κ3) is 3.21. The fourth-order valence-corrected chi connectivity index (χ4v) is 4.37. The summed E-state index contributed by atoms with van der Waals surface area (Å²) in [6.07, 6.45) is 4.86. The standard InChI is InChI=1S/C22H18BrN5O3/c1-31-16-11-26-21(23)19-18(16)14(9-25-19)20(29)22(30)27-7-8-28-15(10-24-17(28)12-27)13-5-3-2-4-6-13/h2-6,9-11,25H,7-8,12H2,1H3.